The first-order valence-corrected chi connectivity index (χ1v) is 8.18. The average Bonchev–Trinajstić information content (AvgIpc) is 2.41. The fourth-order valence-electron chi connectivity index (χ4n) is 2.30. The maximum absolute atomic E-state index is 12.5. The molecule has 1 aliphatic rings. The van der Waals surface area contributed by atoms with Crippen LogP contribution in [0.1, 0.15) is 26.2 Å². The molecule has 1 aromatic heterocycles. The third-order valence-electron chi connectivity index (χ3n) is 3.54. The van der Waals surface area contributed by atoms with E-state index in [-0.39, 0.29) is 15.7 Å². The molecule has 1 fully saturated rings. The lowest BCUT2D eigenvalue weighted by Gasteiger charge is -2.31. The topological polar surface area (TPSA) is 76.3 Å². The number of pyridine rings is 1. The van der Waals surface area contributed by atoms with E-state index in [1.807, 2.05) is 0 Å². The van der Waals surface area contributed by atoms with Gasteiger partial charge in [0.05, 0.1) is 5.02 Å². The van der Waals surface area contributed by atoms with E-state index in [1.165, 1.54) is 16.6 Å². The van der Waals surface area contributed by atoms with E-state index in [0.29, 0.717) is 19.0 Å². The van der Waals surface area contributed by atoms with E-state index in [1.54, 1.807) is 0 Å². The van der Waals surface area contributed by atoms with Gasteiger partial charge in [0.2, 0.25) is 10.0 Å². The molecule has 0 aliphatic carbocycles. The molecular formula is C12H18ClN3O2S. The van der Waals surface area contributed by atoms with E-state index in [4.69, 9.17) is 17.3 Å². The Hall–Kier alpha value is -0.850. The Kier molecular flexibility index (Phi) is 4.32. The summed E-state index contributed by atoms with van der Waals surface area (Å²) >= 11 is 5.84. The number of halogens is 1. The van der Waals surface area contributed by atoms with Crippen LogP contribution in [0.15, 0.2) is 17.2 Å². The zero-order valence-corrected chi connectivity index (χ0v) is 12.4. The number of piperidine rings is 1. The van der Waals surface area contributed by atoms with Gasteiger partial charge in [-0.2, -0.15) is 4.31 Å². The van der Waals surface area contributed by atoms with Gasteiger partial charge >= 0.3 is 0 Å². The number of hydrogen-bond acceptors (Lipinski definition) is 4. The Bertz CT molecular complexity index is 562. The van der Waals surface area contributed by atoms with Crippen LogP contribution < -0.4 is 5.73 Å². The van der Waals surface area contributed by atoms with Gasteiger partial charge in [-0.15, -0.1) is 0 Å². The number of nitrogen functional groups attached to an aromatic ring is 1. The third-order valence-corrected chi connectivity index (χ3v) is 5.67. The zero-order valence-electron chi connectivity index (χ0n) is 10.8. The standard InChI is InChI=1S/C12H18ClN3O2S/c1-2-9-4-3-5-16(8-9)19(17,18)10-6-11(13)12(14)15-7-10/h6-7,9H,2-5,8H2,1H3,(H2,14,15). The summed E-state index contributed by atoms with van der Waals surface area (Å²) in [6.45, 7) is 3.21. The second-order valence-electron chi connectivity index (χ2n) is 4.82. The van der Waals surface area contributed by atoms with Crippen LogP contribution in [0.3, 0.4) is 0 Å². The van der Waals surface area contributed by atoms with E-state index in [9.17, 15) is 8.42 Å². The van der Waals surface area contributed by atoms with Crippen LogP contribution in [0.5, 0.6) is 0 Å². The predicted octanol–water partition coefficient (Wildman–Crippen LogP) is 2.13. The van der Waals surface area contributed by atoms with Crippen molar-refractivity contribution in [1.29, 1.82) is 0 Å². The van der Waals surface area contributed by atoms with Gasteiger partial charge in [-0.25, -0.2) is 13.4 Å². The first kappa shape index (κ1) is 14.6. The summed E-state index contributed by atoms with van der Waals surface area (Å²) in [7, 11) is -3.51. The van der Waals surface area contributed by atoms with E-state index < -0.39 is 10.0 Å². The summed E-state index contributed by atoms with van der Waals surface area (Å²) in [5.41, 5.74) is 5.50. The minimum atomic E-state index is -3.51. The quantitative estimate of drug-likeness (QED) is 0.928. The van der Waals surface area contributed by atoms with Gasteiger partial charge in [-0.3, -0.25) is 0 Å². The van der Waals surface area contributed by atoms with Crippen molar-refractivity contribution in [3.8, 4) is 0 Å². The molecule has 1 aromatic rings. The molecule has 19 heavy (non-hydrogen) atoms. The van der Waals surface area contributed by atoms with Crippen LogP contribution in [0.4, 0.5) is 5.82 Å². The van der Waals surface area contributed by atoms with Gasteiger partial charge in [-0.1, -0.05) is 24.9 Å². The van der Waals surface area contributed by atoms with Crippen molar-refractivity contribution < 1.29 is 8.42 Å². The molecule has 106 valence electrons. The van der Waals surface area contributed by atoms with Crippen LogP contribution in [-0.2, 0) is 10.0 Å². The highest BCUT2D eigenvalue weighted by Gasteiger charge is 2.30. The van der Waals surface area contributed by atoms with Crippen LogP contribution in [0.25, 0.3) is 0 Å². The molecule has 0 radical (unpaired) electrons. The molecule has 7 heteroatoms. The Morgan fingerprint density at radius 1 is 1.58 bits per heavy atom. The highest BCUT2D eigenvalue weighted by molar-refractivity contribution is 7.89. The van der Waals surface area contributed by atoms with Gasteiger partial charge in [0, 0.05) is 19.3 Å². The lowest BCUT2D eigenvalue weighted by molar-refractivity contribution is 0.261. The van der Waals surface area contributed by atoms with Crippen LogP contribution in [0, 0.1) is 5.92 Å². The summed E-state index contributed by atoms with van der Waals surface area (Å²) in [6, 6.07) is 1.37. The Labute approximate surface area is 118 Å². The molecule has 0 bridgehead atoms. The van der Waals surface area contributed by atoms with E-state index in [0.717, 1.165) is 19.3 Å². The highest BCUT2D eigenvalue weighted by Crippen LogP contribution is 2.27. The molecule has 2 N–H and O–H groups in total. The van der Waals surface area contributed by atoms with Crippen LogP contribution in [-0.4, -0.2) is 30.8 Å². The molecule has 0 aromatic carbocycles. The van der Waals surface area contributed by atoms with E-state index >= 15 is 0 Å². The smallest absolute Gasteiger partial charge is 0.244 e. The van der Waals surface area contributed by atoms with Crippen LogP contribution >= 0.6 is 11.6 Å². The summed E-state index contributed by atoms with van der Waals surface area (Å²) in [6.07, 6.45) is 4.25. The number of aromatic nitrogens is 1. The summed E-state index contributed by atoms with van der Waals surface area (Å²) in [5.74, 6) is 0.575. The second-order valence-corrected chi connectivity index (χ2v) is 7.16. The predicted molar refractivity (Wildman–Crippen MR) is 75.4 cm³/mol. The Morgan fingerprint density at radius 2 is 2.32 bits per heavy atom. The van der Waals surface area contributed by atoms with Crippen molar-refractivity contribution in [2.24, 2.45) is 5.92 Å². The molecule has 1 unspecified atom stereocenters. The fourth-order valence-corrected chi connectivity index (χ4v) is 4.06. The molecule has 0 saturated carbocycles. The molecule has 5 nitrogen and oxygen atoms in total. The summed E-state index contributed by atoms with van der Waals surface area (Å²) in [5, 5.41) is 0.171. The van der Waals surface area contributed by atoms with Gasteiger partial charge in [0.25, 0.3) is 0 Å². The second kappa shape index (κ2) is 5.64. The monoisotopic (exact) mass is 303 g/mol. The molecule has 1 aliphatic heterocycles. The molecule has 2 heterocycles. The minimum Gasteiger partial charge on any atom is -0.382 e. The maximum atomic E-state index is 12.5. The molecule has 1 saturated heterocycles. The van der Waals surface area contributed by atoms with Crippen molar-refractivity contribution >= 4 is 27.4 Å². The van der Waals surface area contributed by atoms with Crippen molar-refractivity contribution in [2.75, 3.05) is 18.8 Å². The first-order valence-electron chi connectivity index (χ1n) is 6.36. The number of anilines is 1. The summed E-state index contributed by atoms with van der Waals surface area (Å²) in [4.78, 5) is 3.93. The van der Waals surface area contributed by atoms with Gasteiger partial charge in [-0.05, 0) is 24.8 Å². The average molecular weight is 304 g/mol. The zero-order chi connectivity index (χ0) is 14.0. The molecule has 2 rings (SSSR count). The SMILES string of the molecule is CCC1CCCN(S(=O)(=O)c2cnc(N)c(Cl)c2)C1. The lowest BCUT2D eigenvalue weighted by Crippen LogP contribution is -2.39. The Balaban J connectivity index is 2.28. The van der Waals surface area contributed by atoms with E-state index in [2.05, 4.69) is 11.9 Å². The lowest BCUT2D eigenvalue weighted by atomic mass is 9.97. The molecule has 1 atom stereocenters. The van der Waals surface area contributed by atoms with Crippen molar-refractivity contribution in [3.63, 3.8) is 0 Å². The van der Waals surface area contributed by atoms with Crippen molar-refractivity contribution in [1.82, 2.24) is 9.29 Å². The number of rotatable bonds is 3. The molecular weight excluding hydrogens is 286 g/mol. The first-order chi connectivity index (χ1) is 8.95. The number of sulfonamides is 1. The fraction of sp³-hybridized carbons (Fsp3) is 0.583. The largest absolute Gasteiger partial charge is 0.382 e. The molecule has 0 amide bonds. The normalized spacial score (nSPS) is 21.5. The maximum Gasteiger partial charge on any atom is 0.244 e. The van der Waals surface area contributed by atoms with Gasteiger partial charge in [0.1, 0.15) is 10.7 Å². The third kappa shape index (κ3) is 3.01. The minimum absolute atomic E-state index is 0.114. The van der Waals surface area contributed by atoms with Crippen LogP contribution in [0.2, 0.25) is 5.02 Å². The number of nitrogens with two attached hydrogens (primary N) is 1. The van der Waals surface area contributed by atoms with Gasteiger partial charge in [0.15, 0.2) is 0 Å². The highest BCUT2D eigenvalue weighted by atomic mass is 35.5. The molecule has 0 spiro atoms. The number of hydrogen-bond donors (Lipinski definition) is 1. The van der Waals surface area contributed by atoms with Crippen molar-refractivity contribution in [2.45, 2.75) is 31.1 Å². The van der Waals surface area contributed by atoms with Gasteiger partial charge < -0.3 is 5.73 Å². The Morgan fingerprint density at radius 3 is 2.95 bits per heavy atom. The summed E-state index contributed by atoms with van der Waals surface area (Å²) < 4.78 is 26.5. The van der Waals surface area contributed by atoms with Crippen molar-refractivity contribution in [3.05, 3.63) is 17.3 Å². The number of nitrogens with zero attached hydrogens (tertiary/aromatic N) is 2.